The molecule has 1 aromatic carbocycles. The standard InChI is InChI=1S/C11H15ClN2O/c1-2-11(15)14(8-7-13)10-6-4-3-5-9(10)12/h3-6H,2,7-8,13H2,1H3. The molecule has 0 saturated heterocycles. The van der Waals surface area contributed by atoms with Crippen LogP contribution in [0.3, 0.4) is 0 Å². The topological polar surface area (TPSA) is 46.3 Å². The summed E-state index contributed by atoms with van der Waals surface area (Å²) >= 11 is 6.02. The largest absolute Gasteiger partial charge is 0.329 e. The summed E-state index contributed by atoms with van der Waals surface area (Å²) in [5, 5.41) is 0.577. The Bertz CT molecular complexity index is 341. The molecular formula is C11H15ClN2O. The summed E-state index contributed by atoms with van der Waals surface area (Å²) in [5.74, 6) is 0.0357. The van der Waals surface area contributed by atoms with Crippen molar-refractivity contribution in [2.24, 2.45) is 5.73 Å². The highest BCUT2D eigenvalue weighted by molar-refractivity contribution is 6.33. The van der Waals surface area contributed by atoms with Gasteiger partial charge in [0.1, 0.15) is 0 Å². The van der Waals surface area contributed by atoms with E-state index in [0.717, 1.165) is 5.69 Å². The molecule has 82 valence electrons. The number of para-hydroxylation sites is 1. The third kappa shape index (κ3) is 2.94. The summed E-state index contributed by atoms with van der Waals surface area (Å²) in [6.45, 7) is 2.75. The summed E-state index contributed by atoms with van der Waals surface area (Å²) in [6, 6.07) is 7.28. The van der Waals surface area contributed by atoms with E-state index < -0.39 is 0 Å². The van der Waals surface area contributed by atoms with Crippen molar-refractivity contribution in [1.82, 2.24) is 0 Å². The molecule has 3 nitrogen and oxygen atoms in total. The van der Waals surface area contributed by atoms with Crippen molar-refractivity contribution in [3.05, 3.63) is 29.3 Å². The van der Waals surface area contributed by atoms with Gasteiger partial charge in [0.25, 0.3) is 0 Å². The van der Waals surface area contributed by atoms with Gasteiger partial charge >= 0.3 is 0 Å². The number of hydrogen-bond acceptors (Lipinski definition) is 2. The Morgan fingerprint density at radius 2 is 2.13 bits per heavy atom. The Labute approximate surface area is 94.8 Å². The fourth-order valence-electron chi connectivity index (χ4n) is 1.37. The van der Waals surface area contributed by atoms with Crippen LogP contribution in [0.2, 0.25) is 5.02 Å². The molecule has 2 N–H and O–H groups in total. The molecule has 0 atom stereocenters. The van der Waals surface area contributed by atoms with Gasteiger partial charge in [-0.3, -0.25) is 4.79 Å². The number of anilines is 1. The van der Waals surface area contributed by atoms with E-state index in [2.05, 4.69) is 0 Å². The van der Waals surface area contributed by atoms with Crippen LogP contribution in [0, 0.1) is 0 Å². The third-order valence-electron chi connectivity index (χ3n) is 2.10. The van der Waals surface area contributed by atoms with Gasteiger partial charge in [-0.2, -0.15) is 0 Å². The van der Waals surface area contributed by atoms with Gasteiger partial charge in [-0.15, -0.1) is 0 Å². The molecule has 0 aliphatic carbocycles. The van der Waals surface area contributed by atoms with Gasteiger partial charge in [0.05, 0.1) is 10.7 Å². The number of hydrogen-bond donors (Lipinski definition) is 1. The SMILES string of the molecule is CCC(=O)N(CCN)c1ccccc1Cl. The zero-order valence-electron chi connectivity index (χ0n) is 8.74. The van der Waals surface area contributed by atoms with Gasteiger partial charge in [-0.25, -0.2) is 0 Å². The fourth-order valence-corrected chi connectivity index (χ4v) is 1.61. The maximum atomic E-state index is 11.7. The van der Waals surface area contributed by atoms with E-state index in [1.165, 1.54) is 0 Å². The minimum atomic E-state index is 0.0357. The highest BCUT2D eigenvalue weighted by Gasteiger charge is 2.14. The highest BCUT2D eigenvalue weighted by atomic mass is 35.5. The third-order valence-corrected chi connectivity index (χ3v) is 2.42. The summed E-state index contributed by atoms with van der Waals surface area (Å²) in [6.07, 6.45) is 0.450. The zero-order valence-corrected chi connectivity index (χ0v) is 9.50. The highest BCUT2D eigenvalue weighted by Crippen LogP contribution is 2.25. The maximum Gasteiger partial charge on any atom is 0.226 e. The molecule has 0 heterocycles. The first kappa shape index (κ1) is 12.0. The molecular weight excluding hydrogens is 212 g/mol. The van der Waals surface area contributed by atoms with Crippen LogP contribution >= 0.6 is 11.6 Å². The summed E-state index contributed by atoms with van der Waals surface area (Å²) in [5.41, 5.74) is 6.21. The summed E-state index contributed by atoms with van der Waals surface area (Å²) in [7, 11) is 0. The van der Waals surface area contributed by atoms with Gasteiger partial charge in [0, 0.05) is 19.5 Å². The van der Waals surface area contributed by atoms with Crippen molar-refractivity contribution >= 4 is 23.2 Å². The van der Waals surface area contributed by atoms with E-state index in [4.69, 9.17) is 17.3 Å². The molecule has 0 fully saturated rings. The van der Waals surface area contributed by atoms with Gasteiger partial charge in [-0.1, -0.05) is 30.7 Å². The van der Waals surface area contributed by atoms with Gasteiger partial charge in [0.15, 0.2) is 0 Å². The van der Waals surface area contributed by atoms with Crippen molar-refractivity contribution in [2.75, 3.05) is 18.0 Å². The molecule has 4 heteroatoms. The van der Waals surface area contributed by atoms with E-state index in [-0.39, 0.29) is 5.91 Å². The number of nitrogens with zero attached hydrogens (tertiary/aromatic N) is 1. The average molecular weight is 227 g/mol. The molecule has 1 rings (SSSR count). The molecule has 0 saturated carbocycles. The van der Waals surface area contributed by atoms with E-state index >= 15 is 0 Å². The molecule has 0 radical (unpaired) electrons. The second-order valence-electron chi connectivity index (χ2n) is 3.14. The minimum Gasteiger partial charge on any atom is -0.329 e. The zero-order chi connectivity index (χ0) is 11.3. The van der Waals surface area contributed by atoms with E-state index in [0.29, 0.717) is 24.5 Å². The number of rotatable bonds is 4. The first-order valence-electron chi connectivity index (χ1n) is 4.95. The van der Waals surface area contributed by atoms with Gasteiger partial charge < -0.3 is 10.6 Å². The van der Waals surface area contributed by atoms with Crippen LogP contribution < -0.4 is 10.6 Å². The predicted octanol–water partition coefficient (Wildman–Crippen LogP) is 2.04. The lowest BCUT2D eigenvalue weighted by Gasteiger charge is -2.22. The Hall–Kier alpha value is -1.06. The Morgan fingerprint density at radius 1 is 1.47 bits per heavy atom. The molecule has 1 amide bonds. The van der Waals surface area contributed by atoms with Crippen molar-refractivity contribution < 1.29 is 4.79 Å². The number of benzene rings is 1. The molecule has 0 spiro atoms. The molecule has 1 aromatic rings. The number of amides is 1. The molecule has 15 heavy (non-hydrogen) atoms. The summed E-state index contributed by atoms with van der Waals surface area (Å²) in [4.78, 5) is 13.3. The Morgan fingerprint density at radius 3 is 2.67 bits per heavy atom. The average Bonchev–Trinajstić information content (AvgIpc) is 2.26. The Balaban J connectivity index is 2.98. The van der Waals surface area contributed by atoms with Crippen molar-refractivity contribution in [3.8, 4) is 0 Å². The number of carbonyl (C=O) groups is 1. The monoisotopic (exact) mass is 226 g/mol. The van der Waals surface area contributed by atoms with Crippen LogP contribution in [0.15, 0.2) is 24.3 Å². The van der Waals surface area contributed by atoms with Crippen LogP contribution in [0.25, 0.3) is 0 Å². The number of carbonyl (C=O) groups excluding carboxylic acids is 1. The normalized spacial score (nSPS) is 10.1. The van der Waals surface area contributed by atoms with Crippen LogP contribution in [-0.4, -0.2) is 19.0 Å². The maximum absolute atomic E-state index is 11.7. The molecule has 0 aromatic heterocycles. The molecule has 0 aliphatic rings. The number of halogens is 1. The lowest BCUT2D eigenvalue weighted by atomic mass is 10.2. The van der Waals surface area contributed by atoms with Gasteiger partial charge in [0.2, 0.25) is 5.91 Å². The second kappa shape index (κ2) is 5.73. The fraction of sp³-hybridized carbons (Fsp3) is 0.364. The van der Waals surface area contributed by atoms with E-state index in [9.17, 15) is 4.79 Å². The number of nitrogens with two attached hydrogens (primary N) is 1. The first-order chi connectivity index (χ1) is 7.20. The summed E-state index contributed by atoms with van der Waals surface area (Å²) < 4.78 is 0. The van der Waals surface area contributed by atoms with Crippen LogP contribution in [0.1, 0.15) is 13.3 Å². The molecule has 0 bridgehead atoms. The van der Waals surface area contributed by atoms with Crippen molar-refractivity contribution in [2.45, 2.75) is 13.3 Å². The quantitative estimate of drug-likeness (QED) is 0.854. The Kier molecular flexibility index (Phi) is 4.59. The van der Waals surface area contributed by atoms with Gasteiger partial charge in [-0.05, 0) is 12.1 Å². The lowest BCUT2D eigenvalue weighted by molar-refractivity contribution is -0.118. The molecule has 0 aliphatic heterocycles. The van der Waals surface area contributed by atoms with Crippen molar-refractivity contribution in [1.29, 1.82) is 0 Å². The first-order valence-corrected chi connectivity index (χ1v) is 5.33. The van der Waals surface area contributed by atoms with E-state index in [1.807, 2.05) is 25.1 Å². The molecule has 0 unspecified atom stereocenters. The smallest absolute Gasteiger partial charge is 0.226 e. The predicted molar refractivity (Wildman–Crippen MR) is 63.2 cm³/mol. The second-order valence-corrected chi connectivity index (χ2v) is 3.55. The van der Waals surface area contributed by atoms with E-state index in [1.54, 1.807) is 11.0 Å². The lowest BCUT2D eigenvalue weighted by Crippen LogP contribution is -2.35. The van der Waals surface area contributed by atoms with Crippen LogP contribution in [0.5, 0.6) is 0 Å². The van der Waals surface area contributed by atoms with Crippen LogP contribution in [-0.2, 0) is 4.79 Å². The van der Waals surface area contributed by atoms with Crippen LogP contribution in [0.4, 0.5) is 5.69 Å². The van der Waals surface area contributed by atoms with Crippen molar-refractivity contribution in [3.63, 3.8) is 0 Å². The minimum absolute atomic E-state index is 0.0357.